The highest BCUT2D eigenvalue weighted by molar-refractivity contribution is 9.10. The molecule has 0 bridgehead atoms. The summed E-state index contributed by atoms with van der Waals surface area (Å²) in [6.45, 7) is 1.06. The van der Waals surface area contributed by atoms with Crippen LogP contribution in [0, 0.1) is 0 Å². The van der Waals surface area contributed by atoms with Gasteiger partial charge >= 0.3 is 0 Å². The zero-order valence-corrected chi connectivity index (χ0v) is 13.2. The van der Waals surface area contributed by atoms with Crippen LogP contribution < -0.4 is 5.32 Å². The maximum Gasteiger partial charge on any atom is 0.287 e. The molecule has 112 valence electrons. The first-order valence-electron chi connectivity index (χ1n) is 6.70. The molecule has 3 aromatic rings. The van der Waals surface area contributed by atoms with Gasteiger partial charge in [0.1, 0.15) is 5.69 Å². The minimum absolute atomic E-state index is 0.245. The van der Waals surface area contributed by atoms with Gasteiger partial charge in [0, 0.05) is 31.7 Å². The van der Waals surface area contributed by atoms with Crippen LogP contribution in [0.25, 0.3) is 11.5 Å². The van der Waals surface area contributed by atoms with Gasteiger partial charge in [-0.25, -0.2) is 4.98 Å². The lowest BCUT2D eigenvalue weighted by Crippen LogP contribution is -2.26. The molecule has 0 spiro atoms. The third-order valence-electron chi connectivity index (χ3n) is 3.04. The van der Waals surface area contributed by atoms with Crippen LogP contribution >= 0.6 is 15.9 Å². The van der Waals surface area contributed by atoms with Gasteiger partial charge in [-0.1, -0.05) is 6.07 Å². The smallest absolute Gasteiger partial charge is 0.287 e. The number of carbonyl (C=O) groups is 1. The fraction of sp³-hybridized carbons (Fsp3) is 0.133. The average Bonchev–Trinajstić information content (AvgIpc) is 3.17. The number of amides is 1. The number of hydrogen-bond acceptors (Lipinski definition) is 4. The van der Waals surface area contributed by atoms with E-state index in [0.717, 1.165) is 11.5 Å². The number of furan rings is 1. The highest BCUT2D eigenvalue weighted by Gasteiger charge is 2.10. The normalized spacial score (nSPS) is 10.6. The summed E-state index contributed by atoms with van der Waals surface area (Å²) in [6, 6.07) is 8.98. The fourth-order valence-corrected chi connectivity index (χ4v) is 2.34. The van der Waals surface area contributed by atoms with Gasteiger partial charge in [0.2, 0.25) is 0 Å². The van der Waals surface area contributed by atoms with Gasteiger partial charge in [-0.15, -0.1) is 0 Å². The number of nitrogens with zero attached hydrogens (tertiary/aromatic N) is 3. The first kappa shape index (κ1) is 14.5. The lowest BCUT2D eigenvalue weighted by Gasteiger charge is -2.08. The molecule has 0 aromatic carbocycles. The van der Waals surface area contributed by atoms with Gasteiger partial charge in [-0.3, -0.25) is 9.78 Å². The standard InChI is InChI=1S/C15H13BrN4O2/c16-13-5-4-12(22-13)15(21)19-8-10-20-9-7-18-14(20)11-3-1-2-6-17-11/h1-7,9H,8,10H2,(H,19,21). The van der Waals surface area contributed by atoms with Crippen molar-refractivity contribution >= 4 is 21.8 Å². The van der Waals surface area contributed by atoms with Crippen molar-refractivity contribution in [2.75, 3.05) is 6.54 Å². The summed E-state index contributed by atoms with van der Waals surface area (Å²) in [5.74, 6) is 0.809. The van der Waals surface area contributed by atoms with E-state index in [2.05, 4.69) is 31.2 Å². The van der Waals surface area contributed by atoms with E-state index >= 15 is 0 Å². The quantitative estimate of drug-likeness (QED) is 0.759. The minimum Gasteiger partial charge on any atom is -0.444 e. The fourth-order valence-electron chi connectivity index (χ4n) is 2.03. The van der Waals surface area contributed by atoms with Gasteiger partial charge in [-0.05, 0) is 40.2 Å². The number of imidazole rings is 1. The number of carbonyl (C=O) groups excluding carboxylic acids is 1. The first-order valence-corrected chi connectivity index (χ1v) is 7.49. The van der Waals surface area contributed by atoms with Gasteiger partial charge in [0.15, 0.2) is 16.3 Å². The third-order valence-corrected chi connectivity index (χ3v) is 3.47. The molecule has 0 fully saturated rings. The molecule has 3 aromatic heterocycles. The Kier molecular flexibility index (Phi) is 4.34. The van der Waals surface area contributed by atoms with Crippen molar-refractivity contribution in [1.82, 2.24) is 19.9 Å². The van der Waals surface area contributed by atoms with Crippen LogP contribution in [0.4, 0.5) is 0 Å². The van der Waals surface area contributed by atoms with E-state index < -0.39 is 0 Å². The molecule has 0 unspecified atom stereocenters. The van der Waals surface area contributed by atoms with Crippen molar-refractivity contribution in [2.24, 2.45) is 0 Å². The zero-order valence-electron chi connectivity index (χ0n) is 11.6. The molecule has 1 amide bonds. The lowest BCUT2D eigenvalue weighted by atomic mass is 10.3. The molecule has 3 rings (SSSR count). The van der Waals surface area contributed by atoms with Crippen molar-refractivity contribution in [3.8, 4) is 11.5 Å². The van der Waals surface area contributed by atoms with Crippen LogP contribution in [0.3, 0.4) is 0 Å². The Hall–Kier alpha value is -2.41. The van der Waals surface area contributed by atoms with Crippen LogP contribution in [-0.4, -0.2) is 27.0 Å². The summed E-state index contributed by atoms with van der Waals surface area (Å²) in [5.41, 5.74) is 0.800. The predicted octanol–water partition coefficient (Wildman–Crippen LogP) is 2.73. The monoisotopic (exact) mass is 360 g/mol. The number of pyridine rings is 1. The Labute approximate surface area is 135 Å². The number of halogens is 1. The lowest BCUT2D eigenvalue weighted by molar-refractivity contribution is 0.0923. The topological polar surface area (TPSA) is 73.0 Å². The molecule has 0 aliphatic heterocycles. The molecule has 22 heavy (non-hydrogen) atoms. The SMILES string of the molecule is O=C(NCCn1ccnc1-c1ccccn1)c1ccc(Br)o1. The van der Waals surface area contributed by atoms with Crippen LogP contribution in [0.1, 0.15) is 10.6 Å². The van der Waals surface area contributed by atoms with E-state index in [9.17, 15) is 4.79 Å². The Morgan fingerprint density at radius 2 is 2.14 bits per heavy atom. The molecule has 0 saturated heterocycles. The summed E-state index contributed by atoms with van der Waals surface area (Å²) in [4.78, 5) is 20.5. The molecule has 0 aliphatic rings. The summed E-state index contributed by atoms with van der Waals surface area (Å²) in [5, 5.41) is 2.81. The van der Waals surface area contributed by atoms with Crippen molar-refractivity contribution < 1.29 is 9.21 Å². The number of rotatable bonds is 5. The van der Waals surface area contributed by atoms with Crippen LogP contribution in [0.5, 0.6) is 0 Å². The average molecular weight is 361 g/mol. The Morgan fingerprint density at radius 3 is 2.86 bits per heavy atom. The van der Waals surface area contributed by atoms with E-state index in [0.29, 0.717) is 17.8 Å². The van der Waals surface area contributed by atoms with Crippen molar-refractivity contribution in [1.29, 1.82) is 0 Å². The highest BCUT2D eigenvalue weighted by atomic mass is 79.9. The Bertz CT molecular complexity index is 767. The molecular weight excluding hydrogens is 348 g/mol. The second-order valence-electron chi connectivity index (χ2n) is 4.52. The summed E-state index contributed by atoms with van der Waals surface area (Å²) < 4.78 is 7.68. The van der Waals surface area contributed by atoms with Crippen molar-refractivity contribution in [3.05, 3.63) is 59.4 Å². The molecule has 0 atom stereocenters. The molecule has 7 heteroatoms. The largest absolute Gasteiger partial charge is 0.444 e. The first-order chi connectivity index (χ1) is 10.7. The maximum absolute atomic E-state index is 11.9. The van der Waals surface area contributed by atoms with Crippen molar-refractivity contribution in [3.63, 3.8) is 0 Å². The number of aromatic nitrogens is 3. The van der Waals surface area contributed by atoms with E-state index in [-0.39, 0.29) is 11.7 Å². The van der Waals surface area contributed by atoms with Crippen molar-refractivity contribution in [2.45, 2.75) is 6.54 Å². The van der Waals surface area contributed by atoms with E-state index in [1.54, 1.807) is 24.5 Å². The summed E-state index contributed by atoms with van der Waals surface area (Å²) in [6.07, 6.45) is 5.31. The minimum atomic E-state index is -0.245. The van der Waals surface area contributed by atoms with Crippen LogP contribution in [0.15, 0.2) is 58.0 Å². The second kappa shape index (κ2) is 6.57. The predicted molar refractivity (Wildman–Crippen MR) is 84.2 cm³/mol. The molecule has 0 aliphatic carbocycles. The molecule has 0 saturated carbocycles. The molecule has 6 nitrogen and oxygen atoms in total. The molecular formula is C15H13BrN4O2. The van der Waals surface area contributed by atoms with Gasteiger partial charge in [0.05, 0.1) is 0 Å². The van der Waals surface area contributed by atoms with E-state index in [1.807, 2.05) is 29.0 Å². The number of hydrogen-bond donors (Lipinski definition) is 1. The summed E-state index contributed by atoms with van der Waals surface area (Å²) in [7, 11) is 0. The second-order valence-corrected chi connectivity index (χ2v) is 5.30. The van der Waals surface area contributed by atoms with Crippen LogP contribution in [0.2, 0.25) is 0 Å². The Morgan fingerprint density at radius 1 is 1.23 bits per heavy atom. The number of nitrogens with one attached hydrogen (secondary N) is 1. The maximum atomic E-state index is 11.9. The highest BCUT2D eigenvalue weighted by Crippen LogP contribution is 2.14. The molecule has 0 radical (unpaired) electrons. The zero-order chi connectivity index (χ0) is 15.4. The molecule has 3 heterocycles. The summed E-state index contributed by atoms with van der Waals surface area (Å²) >= 11 is 3.17. The van der Waals surface area contributed by atoms with Gasteiger partial charge < -0.3 is 14.3 Å². The van der Waals surface area contributed by atoms with Gasteiger partial charge in [0.25, 0.3) is 5.91 Å². The molecule has 1 N–H and O–H groups in total. The Balaban J connectivity index is 1.61. The van der Waals surface area contributed by atoms with Gasteiger partial charge in [-0.2, -0.15) is 0 Å². The van der Waals surface area contributed by atoms with Crippen LogP contribution in [-0.2, 0) is 6.54 Å². The van der Waals surface area contributed by atoms with E-state index in [4.69, 9.17) is 4.42 Å². The van der Waals surface area contributed by atoms with E-state index in [1.165, 1.54) is 0 Å². The third kappa shape index (κ3) is 3.25.